The van der Waals surface area contributed by atoms with E-state index in [1.165, 1.54) is 17.7 Å². The van der Waals surface area contributed by atoms with Crippen molar-refractivity contribution in [2.75, 3.05) is 0 Å². The highest BCUT2D eigenvalue weighted by Gasteiger charge is 2.15. The fourth-order valence-corrected chi connectivity index (χ4v) is 2.48. The Kier molecular flexibility index (Phi) is 3.90. The molecule has 3 rings (SSSR count). The molecule has 1 heterocycles. The maximum Gasteiger partial charge on any atom is 0.190 e. The third-order valence-electron chi connectivity index (χ3n) is 3.84. The molecular weight excluding hydrogens is 291 g/mol. The van der Waals surface area contributed by atoms with E-state index in [0.717, 1.165) is 16.7 Å². The van der Waals surface area contributed by atoms with Crippen molar-refractivity contribution in [1.29, 1.82) is 5.26 Å². The molecule has 0 saturated carbocycles. The van der Waals surface area contributed by atoms with Gasteiger partial charge in [0.1, 0.15) is 17.6 Å². The van der Waals surface area contributed by atoms with Crippen LogP contribution in [0.5, 0.6) is 0 Å². The first kappa shape index (κ1) is 14.9. The minimum Gasteiger partial charge on any atom is -0.239 e. The molecule has 0 atom stereocenters. The second kappa shape index (κ2) is 6.01. The molecule has 0 saturated heterocycles. The topological polar surface area (TPSA) is 54.5 Å². The molecule has 0 radical (unpaired) electrons. The fraction of sp³-hybridized carbons (Fsp3) is 0.167. The lowest BCUT2D eigenvalue weighted by Crippen LogP contribution is -2.05. The van der Waals surface area contributed by atoms with Crippen LogP contribution in [0.25, 0.3) is 11.3 Å². The number of nitrogens with zero attached hydrogens (tertiary/aromatic N) is 4. The van der Waals surface area contributed by atoms with Crippen molar-refractivity contribution in [1.82, 2.24) is 15.0 Å². The number of nitriles is 1. The summed E-state index contributed by atoms with van der Waals surface area (Å²) in [5.41, 5.74) is 4.88. The van der Waals surface area contributed by atoms with E-state index in [1.54, 1.807) is 10.7 Å². The molecule has 0 spiro atoms. The van der Waals surface area contributed by atoms with Gasteiger partial charge in [-0.2, -0.15) is 5.26 Å². The average molecular weight is 306 g/mol. The molecule has 0 bridgehead atoms. The van der Waals surface area contributed by atoms with Crippen LogP contribution in [-0.2, 0) is 6.54 Å². The second-order valence-electron chi connectivity index (χ2n) is 5.49. The van der Waals surface area contributed by atoms with Crippen molar-refractivity contribution in [2.24, 2.45) is 0 Å². The normalized spacial score (nSPS) is 10.5. The summed E-state index contributed by atoms with van der Waals surface area (Å²) in [6.07, 6.45) is 0. The molecule has 23 heavy (non-hydrogen) atoms. The third-order valence-corrected chi connectivity index (χ3v) is 3.84. The van der Waals surface area contributed by atoms with Gasteiger partial charge in [0, 0.05) is 5.56 Å². The van der Waals surface area contributed by atoms with Gasteiger partial charge in [0.2, 0.25) is 0 Å². The number of aromatic nitrogens is 3. The van der Waals surface area contributed by atoms with Gasteiger partial charge in [-0.05, 0) is 48.7 Å². The van der Waals surface area contributed by atoms with Crippen LogP contribution in [0.4, 0.5) is 4.39 Å². The maximum absolute atomic E-state index is 13.4. The van der Waals surface area contributed by atoms with Gasteiger partial charge < -0.3 is 0 Å². The summed E-state index contributed by atoms with van der Waals surface area (Å²) in [7, 11) is 0. The minimum absolute atomic E-state index is 0.268. The smallest absolute Gasteiger partial charge is 0.190 e. The Bertz CT molecular complexity index is 906. The van der Waals surface area contributed by atoms with Crippen molar-refractivity contribution >= 4 is 0 Å². The summed E-state index contributed by atoms with van der Waals surface area (Å²) in [5, 5.41) is 17.3. The van der Waals surface area contributed by atoms with Gasteiger partial charge in [0.25, 0.3) is 0 Å². The van der Waals surface area contributed by atoms with Gasteiger partial charge in [0.05, 0.1) is 6.54 Å². The van der Waals surface area contributed by atoms with Crippen LogP contribution in [0, 0.1) is 31.0 Å². The summed E-state index contributed by atoms with van der Waals surface area (Å²) in [6.45, 7) is 4.41. The quantitative estimate of drug-likeness (QED) is 0.742. The monoisotopic (exact) mass is 306 g/mol. The lowest BCUT2D eigenvalue weighted by Gasteiger charge is -2.09. The van der Waals surface area contributed by atoms with Crippen molar-refractivity contribution in [2.45, 2.75) is 20.4 Å². The molecule has 114 valence electrons. The standard InChI is InChI=1S/C18H15FN4/c1-12-6-7-15(8-13(12)2)18-17(10-20)21-22-23(18)11-14-4-3-5-16(19)9-14/h3-9H,11H2,1-2H3. The average Bonchev–Trinajstić information content (AvgIpc) is 2.93. The largest absolute Gasteiger partial charge is 0.239 e. The molecule has 5 heteroatoms. The predicted molar refractivity (Wildman–Crippen MR) is 85.1 cm³/mol. The Balaban J connectivity index is 2.07. The Labute approximate surface area is 133 Å². The summed E-state index contributed by atoms with van der Waals surface area (Å²) in [6, 6.07) is 14.4. The summed E-state index contributed by atoms with van der Waals surface area (Å²) < 4.78 is 15.0. The highest BCUT2D eigenvalue weighted by Crippen LogP contribution is 2.25. The number of hydrogen-bond donors (Lipinski definition) is 0. The van der Waals surface area contributed by atoms with Crippen molar-refractivity contribution in [3.63, 3.8) is 0 Å². The Hall–Kier alpha value is -3.00. The first-order valence-corrected chi connectivity index (χ1v) is 7.24. The summed E-state index contributed by atoms with van der Waals surface area (Å²) in [5.74, 6) is -0.296. The molecule has 0 N–H and O–H groups in total. The van der Waals surface area contributed by atoms with Gasteiger partial charge in [-0.15, -0.1) is 5.10 Å². The number of benzene rings is 2. The zero-order valence-corrected chi connectivity index (χ0v) is 12.9. The van der Waals surface area contributed by atoms with Crippen LogP contribution in [0.1, 0.15) is 22.4 Å². The van der Waals surface area contributed by atoms with E-state index in [4.69, 9.17) is 0 Å². The minimum atomic E-state index is -0.296. The summed E-state index contributed by atoms with van der Waals surface area (Å²) in [4.78, 5) is 0. The van der Waals surface area contributed by atoms with Crippen LogP contribution in [0.2, 0.25) is 0 Å². The van der Waals surface area contributed by atoms with Gasteiger partial charge in [-0.25, -0.2) is 9.07 Å². The molecule has 0 unspecified atom stereocenters. The number of halogens is 1. The molecule has 0 amide bonds. The first-order chi connectivity index (χ1) is 11.1. The Morgan fingerprint density at radius 1 is 1.13 bits per heavy atom. The van der Waals surface area contributed by atoms with Crippen molar-refractivity contribution in [3.05, 3.63) is 70.7 Å². The van der Waals surface area contributed by atoms with E-state index in [-0.39, 0.29) is 11.5 Å². The second-order valence-corrected chi connectivity index (χ2v) is 5.49. The van der Waals surface area contributed by atoms with Crippen LogP contribution >= 0.6 is 0 Å². The van der Waals surface area contributed by atoms with Gasteiger partial charge in [-0.1, -0.05) is 29.5 Å². The molecule has 0 aliphatic heterocycles. The zero-order valence-electron chi connectivity index (χ0n) is 12.9. The predicted octanol–water partition coefficient (Wildman–Crippen LogP) is 3.62. The number of aryl methyl sites for hydroxylation is 2. The van der Waals surface area contributed by atoms with Gasteiger partial charge >= 0.3 is 0 Å². The SMILES string of the molecule is Cc1ccc(-c2c(C#N)nnn2Cc2cccc(F)c2)cc1C. The van der Waals surface area contributed by atoms with Crippen LogP contribution < -0.4 is 0 Å². The Morgan fingerprint density at radius 3 is 2.65 bits per heavy atom. The molecule has 2 aromatic carbocycles. The van der Waals surface area contributed by atoms with Crippen molar-refractivity contribution in [3.8, 4) is 17.3 Å². The maximum atomic E-state index is 13.4. The van der Waals surface area contributed by atoms with Gasteiger partial charge in [-0.3, -0.25) is 0 Å². The van der Waals surface area contributed by atoms with Crippen LogP contribution in [0.3, 0.4) is 0 Å². The highest BCUT2D eigenvalue weighted by molar-refractivity contribution is 5.66. The molecular formula is C18H15FN4. The van der Waals surface area contributed by atoms with Crippen LogP contribution in [0.15, 0.2) is 42.5 Å². The zero-order chi connectivity index (χ0) is 16.4. The van der Waals surface area contributed by atoms with E-state index in [0.29, 0.717) is 12.2 Å². The number of rotatable bonds is 3. The third kappa shape index (κ3) is 2.97. The fourth-order valence-electron chi connectivity index (χ4n) is 2.48. The van der Waals surface area contributed by atoms with Gasteiger partial charge in [0.15, 0.2) is 5.69 Å². The van der Waals surface area contributed by atoms with Crippen molar-refractivity contribution < 1.29 is 4.39 Å². The number of hydrogen-bond acceptors (Lipinski definition) is 3. The molecule has 4 nitrogen and oxygen atoms in total. The Morgan fingerprint density at radius 2 is 1.96 bits per heavy atom. The van der Waals surface area contributed by atoms with Crippen LogP contribution in [-0.4, -0.2) is 15.0 Å². The van der Waals surface area contributed by atoms with E-state index >= 15 is 0 Å². The lowest BCUT2D eigenvalue weighted by atomic mass is 10.0. The molecule has 1 aromatic heterocycles. The molecule has 0 aliphatic rings. The van der Waals surface area contributed by atoms with E-state index in [9.17, 15) is 9.65 Å². The first-order valence-electron chi connectivity index (χ1n) is 7.24. The summed E-state index contributed by atoms with van der Waals surface area (Å²) >= 11 is 0. The molecule has 0 aliphatic carbocycles. The van der Waals surface area contributed by atoms with E-state index < -0.39 is 0 Å². The van der Waals surface area contributed by atoms with E-state index in [1.807, 2.05) is 38.1 Å². The highest BCUT2D eigenvalue weighted by atomic mass is 19.1. The van der Waals surface area contributed by atoms with E-state index in [2.05, 4.69) is 16.4 Å². The lowest BCUT2D eigenvalue weighted by molar-refractivity contribution is 0.615. The molecule has 0 fully saturated rings. The molecule has 3 aromatic rings.